The van der Waals surface area contributed by atoms with E-state index in [1.54, 1.807) is 12.1 Å². The minimum absolute atomic E-state index is 0.00277. The van der Waals surface area contributed by atoms with Crippen LogP contribution in [-0.4, -0.2) is 18.5 Å². The third kappa shape index (κ3) is 5.04. The molecule has 1 aliphatic rings. The highest BCUT2D eigenvalue weighted by Gasteiger charge is 2.15. The van der Waals surface area contributed by atoms with E-state index in [2.05, 4.69) is 26.6 Å². The number of amides is 1. The Bertz CT molecular complexity index is 503. The molecule has 2 N–H and O–H groups in total. The van der Waals surface area contributed by atoms with Crippen LogP contribution in [0.4, 0.5) is 5.69 Å². The van der Waals surface area contributed by atoms with Crippen molar-refractivity contribution < 1.29 is 4.79 Å². The molecule has 1 aliphatic carbocycles. The zero-order valence-corrected chi connectivity index (χ0v) is 14.8. The third-order valence-corrected chi connectivity index (χ3v) is 5.47. The minimum atomic E-state index is -0.00277. The molecule has 1 saturated carbocycles. The predicted molar refractivity (Wildman–Crippen MR) is 92.3 cm³/mol. The Labute approximate surface area is 143 Å². The van der Waals surface area contributed by atoms with Crippen molar-refractivity contribution in [2.45, 2.75) is 44.6 Å². The average molecular weight is 394 g/mol. The summed E-state index contributed by atoms with van der Waals surface area (Å²) in [6.45, 7) is 0.203. The number of benzene rings is 1. The summed E-state index contributed by atoms with van der Waals surface area (Å²) in [5.74, 6) is -0.00277. The van der Waals surface area contributed by atoms with Gasteiger partial charge in [-0.15, -0.1) is 0 Å². The molecule has 3 nitrogen and oxygen atoms in total. The van der Waals surface area contributed by atoms with E-state index in [1.807, 2.05) is 0 Å². The van der Waals surface area contributed by atoms with Gasteiger partial charge in [0.05, 0.1) is 22.3 Å². The van der Waals surface area contributed by atoms with Crippen LogP contribution in [-0.2, 0) is 4.79 Å². The second kappa shape index (κ2) is 8.25. The summed E-state index contributed by atoms with van der Waals surface area (Å²) in [5, 5.41) is 7.00. The molecule has 0 aliphatic heterocycles. The fraction of sp³-hybridized carbons (Fsp3) is 0.533. The molecule has 6 heteroatoms. The number of rotatable bonds is 4. The van der Waals surface area contributed by atoms with Crippen LogP contribution in [0, 0.1) is 0 Å². The fourth-order valence-corrected chi connectivity index (χ4v) is 3.38. The monoisotopic (exact) mass is 392 g/mol. The van der Waals surface area contributed by atoms with Gasteiger partial charge in [0.15, 0.2) is 0 Å². The van der Waals surface area contributed by atoms with Crippen LogP contribution in [0.1, 0.15) is 38.5 Å². The maximum atomic E-state index is 12.0. The summed E-state index contributed by atoms with van der Waals surface area (Å²) >= 11 is 15.5. The molecule has 0 unspecified atom stereocenters. The SMILES string of the molecule is O=C(CNc1ccc(Br)c(Cl)c1Cl)NC1CCCCCC1. The number of hydrogen-bond donors (Lipinski definition) is 2. The van der Waals surface area contributed by atoms with Gasteiger partial charge < -0.3 is 10.6 Å². The van der Waals surface area contributed by atoms with Gasteiger partial charge in [0.1, 0.15) is 0 Å². The molecule has 0 bridgehead atoms. The molecule has 116 valence electrons. The average Bonchev–Trinajstić information content (AvgIpc) is 2.73. The maximum absolute atomic E-state index is 12.0. The standard InChI is InChI=1S/C15H19BrCl2N2O/c16-11-7-8-12(15(18)14(11)17)19-9-13(21)20-10-5-3-1-2-4-6-10/h7-8,10,19H,1-6,9H2,(H,20,21). The molecule has 0 spiro atoms. The molecular weight excluding hydrogens is 375 g/mol. The number of carbonyl (C=O) groups excluding carboxylic acids is 1. The number of anilines is 1. The van der Waals surface area contributed by atoms with Gasteiger partial charge >= 0.3 is 0 Å². The second-order valence-corrected chi connectivity index (χ2v) is 6.94. The van der Waals surface area contributed by atoms with Gasteiger partial charge in [0.25, 0.3) is 0 Å². The van der Waals surface area contributed by atoms with E-state index in [1.165, 1.54) is 25.7 Å². The van der Waals surface area contributed by atoms with E-state index in [4.69, 9.17) is 23.2 Å². The third-order valence-electron chi connectivity index (χ3n) is 3.69. The van der Waals surface area contributed by atoms with Gasteiger partial charge in [0, 0.05) is 10.5 Å². The molecule has 1 aromatic rings. The normalized spacial score (nSPS) is 16.3. The molecule has 1 amide bonds. The molecule has 1 aromatic carbocycles. The molecule has 2 rings (SSSR count). The van der Waals surface area contributed by atoms with Crippen molar-refractivity contribution in [3.05, 3.63) is 26.7 Å². The zero-order valence-electron chi connectivity index (χ0n) is 11.7. The van der Waals surface area contributed by atoms with Crippen LogP contribution in [0.15, 0.2) is 16.6 Å². The first-order valence-electron chi connectivity index (χ1n) is 7.24. The fourth-order valence-electron chi connectivity index (χ4n) is 2.54. The summed E-state index contributed by atoms with van der Waals surface area (Å²) in [6.07, 6.45) is 7.11. The molecule has 1 fully saturated rings. The molecule has 0 atom stereocenters. The van der Waals surface area contributed by atoms with E-state index in [0.29, 0.717) is 21.8 Å². The van der Waals surface area contributed by atoms with E-state index in [0.717, 1.165) is 17.3 Å². The number of hydrogen-bond acceptors (Lipinski definition) is 2. The molecular formula is C15H19BrCl2N2O. The molecule has 0 aromatic heterocycles. The van der Waals surface area contributed by atoms with Crippen LogP contribution in [0.5, 0.6) is 0 Å². The van der Waals surface area contributed by atoms with Gasteiger partial charge in [-0.1, -0.05) is 48.9 Å². The lowest BCUT2D eigenvalue weighted by Crippen LogP contribution is -2.38. The zero-order chi connectivity index (χ0) is 15.2. The minimum Gasteiger partial charge on any atom is -0.375 e. The van der Waals surface area contributed by atoms with Crippen LogP contribution in [0.25, 0.3) is 0 Å². The highest BCUT2D eigenvalue weighted by atomic mass is 79.9. The Balaban J connectivity index is 1.85. The van der Waals surface area contributed by atoms with Crippen LogP contribution in [0.2, 0.25) is 10.0 Å². The Morgan fingerprint density at radius 2 is 1.81 bits per heavy atom. The summed E-state index contributed by atoms with van der Waals surface area (Å²) < 4.78 is 0.739. The van der Waals surface area contributed by atoms with Crippen molar-refractivity contribution in [1.82, 2.24) is 5.32 Å². The van der Waals surface area contributed by atoms with E-state index in [-0.39, 0.29) is 12.5 Å². The van der Waals surface area contributed by atoms with Gasteiger partial charge in [-0.2, -0.15) is 0 Å². The highest BCUT2D eigenvalue weighted by Crippen LogP contribution is 2.35. The summed E-state index contributed by atoms with van der Waals surface area (Å²) in [5.41, 5.74) is 0.667. The second-order valence-electron chi connectivity index (χ2n) is 5.33. The van der Waals surface area contributed by atoms with Crippen molar-refractivity contribution in [2.24, 2.45) is 0 Å². The van der Waals surface area contributed by atoms with Gasteiger partial charge in [-0.3, -0.25) is 4.79 Å². The molecule has 0 saturated heterocycles. The van der Waals surface area contributed by atoms with Crippen molar-refractivity contribution in [1.29, 1.82) is 0 Å². The Morgan fingerprint density at radius 3 is 2.48 bits per heavy atom. The summed E-state index contributed by atoms with van der Waals surface area (Å²) in [6, 6.07) is 3.92. The maximum Gasteiger partial charge on any atom is 0.239 e. The lowest BCUT2D eigenvalue weighted by Gasteiger charge is -2.17. The van der Waals surface area contributed by atoms with E-state index in [9.17, 15) is 4.79 Å². The van der Waals surface area contributed by atoms with Crippen molar-refractivity contribution in [3.63, 3.8) is 0 Å². The first kappa shape index (κ1) is 16.9. The van der Waals surface area contributed by atoms with Gasteiger partial charge in [0.2, 0.25) is 5.91 Å². The summed E-state index contributed by atoms with van der Waals surface area (Å²) in [7, 11) is 0. The Kier molecular flexibility index (Phi) is 6.65. The quantitative estimate of drug-likeness (QED) is 0.557. The van der Waals surface area contributed by atoms with Crippen LogP contribution >= 0.6 is 39.1 Å². The number of carbonyl (C=O) groups is 1. The number of nitrogens with one attached hydrogen (secondary N) is 2. The first-order chi connectivity index (χ1) is 10.1. The van der Waals surface area contributed by atoms with E-state index >= 15 is 0 Å². The molecule has 0 heterocycles. The Morgan fingerprint density at radius 1 is 1.14 bits per heavy atom. The highest BCUT2D eigenvalue weighted by molar-refractivity contribution is 9.10. The van der Waals surface area contributed by atoms with Gasteiger partial charge in [-0.25, -0.2) is 0 Å². The molecule has 21 heavy (non-hydrogen) atoms. The Hall–Kier alpha value is -0.450. The van der Waals surface area contributed by atoms with Crippen LogP contribution < -0.4 is 10.6 Å². The lowest BCUT2D eigenvalue weighted by molar-refractivity contribution is -0.120. The van der Waals surface area contributed by atoms with Crippen molar-refractivity contribution in [3.8, 4) is 0 Å². The van der Waals surface area contributed by atoms with E-state index < -0.39 is 0 Å². The predicted octanol–water partition coefficient (Wildman–Crippen LogP) is 5.01. The lowest BCUT2D eigenvalue weighted by atomic mass is 10.1. The first-order valence-corrected chi connectivity index (χ1v) is 8.79. The largest absolute Gasteiger partial charge is 0.375 e. The van der Waals surface area contributed by atoms with Crippen molar-refractivity contribution in [2.75, 3.05) is 11.9 Å². The van der Waals surface area contributed by atoms with Crippen molar-refractivity contribution >= 4 is 50.7 Å². The smallest absolute Gasteiger partial charge is 0.239 e. The summed E-state index contributed by atoms with van der Waals surface area (Å²) in [4.78, 5) is 12.0. The topological polar surface area (TPSA) is 41.1 Å². The number of halogens is 3. The van der Waals surface area contributed by atoms with Crippen LogP contribution in [0.3, 0.4) is 0 Å². The molecule has 0 radical (unpaired) electrons. The van der Waals surface area contributed by atoms with Gasteiger partial charge in [-0.05, 0) is 40.9 Å².